The molecule has 1 N–H and O–H groups in total. The maximum absolute atomic E-state index is 12.8. The van der Waals surface area contributed by atoms with E-state index < -0.39 is 0 Å². The van der Waals surface area contributed by atoms with E-state index in [1.54, 1.807) is 18.3 Å². The highest BCUT2D eigenvalue weighted by Crippen LogP contribution is 2.10. The van der Waals surface area contributed by atoms with Gasteiger partial charge >= 0.3 is 5.69 Å². The van der Waals surface area contributed by atoms with Crippen LogP contribution in [0.25, 0.3) is 5.65 Å². The minimum Gasteiger partial charge on any atom is -0.484 e. The van der Waals surface area contributed by atoms with Gasteiger partial charge < -0.3 is 10.1 Å². The van der Waals surface area contributed by atoms with E-state index in [2.05, 4.69) is 10.4 Å². The molecule has 8 heteroatoms. The zero-order valence-corrected chi connectivity index (χ0v) is 13.4. The molecule has 3 aromatic rings. The Morgan fingerprint density at radius 3 is 2.76 bits per heavy atom. The molecule has 1 aromatic carbocycles. The average Bonchev–Trinajstić information content (AvgIpc) is 2.94. The van der Waals surface area contributed by atoms with Crippen molar-refractivity contribution >= 4 is 11.6 Å². The fraction of sp³-hybridized carbons (Fsp3) is 0.235. The van der Waals surface area contributed by atoms with E-state index in [0.29, 0.717) is 30.9 Å². The minimum absolute atomic E-state index is 0.153. The third kappa shape index (κ3) is 4.23. The molecule has 0 aliphatic heterocycles. The number of amides is 1. The average molecular weight is 344 g/mol. The third-order valence-electron chi connectivity index (χ3n) is 3.54. The highest BCUT2D eigenvalue weighted by Gasteiger charge is 2.06. The van der Waals surface area contributed by atoms with Crippen LogP contribution in [0.3, 0.4) is 0 Å². The van der Waals surface area contributed by atoms with Crippen LogP contribution in [-0.2, 0) is 11.3 Å². The second kappa shape index (κ2) is 7.61. The van der Waals surface area contributed by atoms with Crippen molar-refractivity contribution in [2.75, 3.05) is 13.2 Å². The van der Waals surface area contributed by atoms with Gasteiger partial charge in [0.25, 0.3) is 5.91 Å². The van der Waals surface area contributed by atoms with Crippen LogP contribution in [0.1, 0.15) is 6.42 Å². The number of halogens is 1. The lowest BCUT2D eigenvalue weighted by molar-refractivity contribution is -0.123. The smallest absolute Gasteiger partial charge is 0.350 e. The summed E-state index contributed by atoms with van der Waals surface area (Å²) in [5.41, 5.74) is 0.380. The molecule has 0 atom stereocenters. The number of aryl methyl sites for hydroxylation is 1. The summed E-state index contributed by atoms with van der Waals surface area (Å²) in [5, 5.41) is 6.91. The maximum Gasteiger partial charge on any atom is 0.350 e. The van der Waals surface area contributed by atoms with Gasteiger partial charge in [-0.1, -0.05) is 6.07 Å². The summed E-state index contributed by atoms with van der Waals surface area (Å²) in [6, 6.07) is 10.8. The van der Waals surface area contributed by atoms with E-state index in [1.165, 1.54) is 33.3 Å². The third-order valence-corrected chi connectivity index (χ3v) is 3.54. The molecule has 130 valence electrons. The summed E-state index contributed by atoms with van der Waals surface area (Å²) in [6.45, 7) is 0.644. The second-order valence-electron chi connectivity index (χ2n) is 5.38. The lowest BCUT2D eigenvalue weighted by Crippen LogP contribution is -2.31. The summed E-state index contributed by atoms with van der Waals surface area (Å²) < 4.78 is 20.8. The van der Waals surface area contributed by atoms with E-state index in [1.807, 2.05) is 6.07 Å². The van der Waals surface area contributed by atoms with Crippen LogP contribution >= 0.6 is 0 Å². The first-order chi connectivity index (χ1) is 12.1. The number of fused-ring (bicyclic) bond motifs is 1. The van der Waals surface area contributed by atoms with Gasteiger partial charge in [-0.2, -0.15) is 0 Å². The molecule has 7 nitrogen and oxygen atoms in total. The SMILES string of the molecule is O=C(COc1ccc(F)cc1)NCCCn1nc2ccccn2c1=O. The number of hydrogen-bond donors (Lipinski definition) is 1. The van der Waals surface area contributed by atoms with Gasteiger partial charge in [-0.25, -0.2) is 13.9 Å². The maximum atomic E-state index is 12.8. The largest absolute Gasteiger partial charge is 0.484 e. The van der Waals surface area contributed by atoms with Crippen molar-refractivity contribution in [3.8, 4) is 5.75 Å². The summed E-state index contributed by atoms with van der Waals surface area (Å²) >= 11 is 0. The number of pyridine rings is 1. The van der Waals surface area contributed by atoms with Crippen molar-refractivity contribution in [2.45, 2.75) is 13.0 Å². The van der Waals surface area contributed by atoms with Gasteiger partial charge in [-0.3, -0.25) is 9.20 Å². The van der Waals surface area contributed by atoms with Gasteiger partial charge in [0.1, 0.15) is 11.6 Å². The Balaban J connectivity index is 1.41. The molecule has 25 heavy (non-hydrogen) atoms. The molecule has 0 aliphatic rings. The van der Waals surface area contributed by atoms with E-state index in [9.17, 15) is 14.0 Å². The van der Waals surface area contributed by atoms with E-state index in [0.717, 1.165) is 0 Å². The number of ether oxygens (including phenoxy) is 1. The van der Waals surface area contributed by atoms with Gasteiger partial charge in [-0.15, -0.1) is 5.10 Å². The topological polar surface area (TPSA) is 77.6 Å². The monoisotopic (exact) mass is 344 g/mol. The highest BCUT2D eigenvalue weighted by molar-refractivity contribution is 5.77. The van der Waals surface area contributed by atoms with Crippen molar-refractivity contribution in [1.82, 2.24) is 19.5 Å². The number of carbonyl (C=O) groups is 1. The van der Waals surface area contributed by atoms with Crippen LogP contribution in [0.15, 0.2) is 53.5 Å². The van der Waals surface area contributed by atoms with Crippen LogP contribution in [0.4, 0.5) is 4.39 Å². The minimum atomic E-state index is -0.362. The van der Waals surface area contributed by atoms with Gasteiger partial charge in [0, 0.05) is 19.3 Å². The van der Waals surface area contributed by atoms with Crippen molar-refractivity contribution in [2.24, 2.45) is 0 Å². The predicted molar refractivity (Wildman–Crippen MR) is 89.0 cm³/mol. The Labute approximate surface area is 142 Å². The molecule has 0 saturated heterocycles. The first-order valence-electron chi connectivity index (χ1n) is 7.83. The first-order valence-corrected chi connectivity index (χ1v) is 7.83. The summed E-state index contributed by atoms with van der Waals surface area (Å²) in [6.07, 6.45) is 2.22. The van der Waals surface area contributed by atoms with Crippen LogP contribution in [0.5, 0.6) is 5.75 Å². The fourth-order valence-electron chi connectivity index (χ4n) is 2.30. The standard InChI is InChI=1S/C17H17FN4O3/c18-13-5-7-14(8-6-13)25-12-16(23)19-9-3-11-22-17(24)21-10-2-1-4-15(21)20-22/h1-2,4-8,10H,3,9,11-12H2,(H,19,23). The van der Waals surface area contributed by atoms with Crippen molar-refractivity contribution < 1.29 is 13.9 Å². The van der Waals surface area contributed by atoms with Crippen LogP contribution in [0, 0.1) is 5.82 Å². The Kier molecular flexibility index (Phi) is 5.08. The molecule has 0 aliphatic carbocycles. The van der Waals surface area contributed by atoms with Gasteiger partial charge in [0.15, 0.2) is 12.3 Å². The van der Waals surface area contributed by atoms with Crippen molar-refractivity contribution in [3.63, 3.8) is 0 Å². The molecular weight excluding hydrogens is 327 g/mol. The van der Waals surface area contributed by atoms with E-state index in [-0.39, 0.29) is 24.0 Å². The Morgan fingerprint density at radius 2 is 2.00 bits per heavy atom. The van der Waals surface area contributed by atoms with E-state index >= 15 is 0 Å². The normalized spacial score (nSPS) is 10.8. The summed E-state index contributed by atoms with van der Waals surface area (Å²) in [7, 11) is 0. The lowest BCUT2D eigenvalue weighted by Gasteiger charge is -2.07. The Hall–Kier alpha value is -3.16. The Morgan fingerprint density at radius 1 is 1.20 bits per heavy atom. The number of nitrogens with one attached hydrogen (secondary N) is 1. The molecule has 3 rings (SSSR count). The number of nitrogens with zero attached hydrogens (tertiary/aromatic N) is 3. The van der Waals surface area contributed by atoms with Gasteiger partial charge in [0.2, 0.25) is 0 Å². The molecular formula is C17H17FN4O3. The lowest BCUT2D eigenvalue weighted by atomic mass is 10.3. The predicted octanol–water partition coefficient (Wildman–Crippen LogP) is 1.22. The van der Waals surface area contributed by atoms with Crippen molar-refractivity contribution in [1.29, 1.82) is 0 Å². The molecule has 0 unspecified atom stereocenters. The zero-order chi connectivity index (χ0) is 17.6. The second-order valence-corrected chi connectivity index (χ2v) is 5.38. The molecule has 1 amide bonds. The van der Waals surface area contributed by atoms with E-state index in [4.69, 9.17) is 4.74 Å². The summed E-state index contributed by atoms with van der Waals surface area (Å²) in [4.78, 5) is 23.8. The zero-order valence-electron chi connectivity index (χ0n) is 13.4. The van der Waals surface area contributed by atoms with Crippen LogP contribution < -0.4 is 15.7 Å². The van der Waals surface area contributed by atoms with Gasteiger partial charge in [0.05, 0.1) is 0 Å². The molecule has 0 saturated carbocycles. The molecule has 0 fully saturated rings. The highest BCUT2D eigenvalue weighted by atomic mass is 19.1. The van der Waals surface area contributed by atoms with Crippen LogP contribution in [-0.4, -0.2) is 33.2 Å². The number of benzene rings is 1. The van der Waals surface area contributed by atoms with Gasteiger partial charge in [-0.05, 0) is 42.8 Å². The molecule has 0 bridgehead atoms. The molecule has 2 heterocycles. The molecule has 2 aromatic heterocycles. The number of aromatic nitrogens is 3. The fourth-order valence-corrected chi connectivity index (χ4v) is 2.30. The number of carbonyl (C=O) groups excluding carboxylic acids is 1. The Bertz CT molecular complexity index is 918. The summed E-state index contributed by atoms with van der Waals surface area (Å²) in [5.74, 6) is -0.224. The first kappa shape index (κ1) is 16.7. The van der Waals surface area contributed by atoms with Crippen molar-refractivity contribution in [3.05, 3.63) is 65.0 Å². The molecule has 0 spiro atoms. The number of rotatable bonds is 7. The number of hydrogen-bond acceptors (Lipinski definition) is 4. The quantitative estimate of drug-likeness (QED) is 0.654. The molecule has 0 radical (unpaired) electrons. The van der Waals surface area contributed by atoms with Crippen LogP contribution in [0.2, 0.25) is 0 Å².